The number of nitrogens with one attached hydrogen (secondary N) is 3. The Morgan fingerprint density at radius 1 is 1.20 bits per heavy atom. The molecule has 0 radical (unpaired) electrons. The largest absolute Gasteiger partial charge is 0.487 e. The van der Waals surface area contributed by atoms with Crippen molar-refractivity contribution >= 4 is 24.3 Å². The van der Waals surface area contributed by atoms with Gasteiger partial charge in [-0.25, -0.2) is 15.0 Å². The van der Waals surface area contributed by atoms with E-state index in [1.807, 2.05) is 37.7 Å². The van der Waals surface area contributed by atoms with E-state index >= 15 is 0 Å². The molecule has 246 valence electrons. The molecule has 3 aromatic rings. The molecular formula is C33H45N9O4. The molecular weight excluding hydrogens is 586 g/mol. The molecule has 0 bridgehead atoms. The number of hydrogen-bond acceptors (Lipinski definition) is 10. The fourth-order valence-corrected chi connectivity index (χ4v) is 5.14. The molecule has 1 aliphatic rings. The van der Waals surface area contributed by atoms with Crippen LogP contribution in [0.5, 0.6) is 11.6 Å². The Morgan fingerprint density at radius 3 is 2.70 bits per heavy atom. The summed E-state index contributed by atoms with van der Waals surface area (Å²) in [7, 11) is 0. The highest BCUT2D eigenvalue weighted by Crippen LogP contribution is 2.33. The number of aliphatic hydroxyl groups excluding tert-OH is 1. The molecule has 13 heteroatoms. The van der Waals surface area contributed by atoms with Gasteiger partial charge in [0.05, 0.1) is 49.5 Å². The lowest BCUT2D eigenvalue weighted by Gasteiger charge is -2.24. The van der Waals surface area contributed by atoms with Crippen LogP contribution in [0.1, 0.15) is 77.3 Å². The first-order valence-corrected chi connectivity index (χ1v) is 15.8. The maximum Gasteiger partial charge on any atom is 0.256 e. The Hall–Kier alpha value is -4.54. The van der Waals surface area contributed by atoms with Crippen molar-refractivity contribution in [3.05, 3.63) is 42.4 Å². The van der Waals surface area contributed by atoms with Crippen molar-refractivity contribution in [2.45, 2.75) is 83.5 Å². The van der Waals surface area contributed by atoms with Gasteiger partial charge in [-0.2, -0.15) is 5.26 Å². The number of hydrogen-bond donors (Lipinski definition) is 4. The van der Waals surface area contributed by atoms with E-state index < -0.39 is 0 Å². The Labute approximate surface area is 270 Å². The molecule has 4 rings (SSSR count). The molecule has 0 amide bonds. The minimum atomic E-state index is -0.382. The minimum Gasteiger partial charge on any atom is -0.487 e. The predicted molar refractivity (Wildman–Crippen MR) is 177 cm³/mol. The van der Waals surface area contributed by atoms with Crippen molar-refractivity contribution in [1.82, 2.24) is 25.1 Å². The molecule has 0 unspecified atom stereocenters. The molecule has 46 heavy (non-hydrogen) atoms. The van der Waals surface area contributed by atoms with Crippen LogP contribution in [0.3, 0.4) is 0 Å². The van der Waals surface area contributed by atoms with Crippen LogP contribution in [0.4, 0.5) is 11.6 Å². The van der Waals surface area contributed by atoms with Gasteiger partial charge in [0, 0.05) is 31.0 Å². The van der Waals surface area contributed by atoms with E-state index in [1.165, 1.54) is 25.6 Å². The van der Waals surface area contributed by atoms with Gasteiger partial charge in [-0.3, -0.25) is 10.1 Å². The van der Waals surface area contributed by atoms with Crippen LogP contribution in [0.15, 0.2) is 41.8 Å². The van der Waals surface area contributed by atoms with Crippen LogP contribution in [0.2, 0.25) is 0 Å². The Balaban J connectivity index is 1.43. The van der Waals surface area contributed by atoms with Gasteiger partial charge in [0.1, 0.15) is 29.9 Å². The molecule has 1 fully saturated rings. The first-order chi connectivity index (χ1) is 22.3. The zero-order chi connectivity index (χ0) is 32.8. The summed E-state index contributed by atoms with van der Waals surface area (Å²) >= 11 is 0. The van der Waals surface area contributed by atoms with Crippen molar-refractivity contribution in [1.29, 1.82) is 10.7 Å². The van der Waals surface area contributed by atoms with Gasteiger partial charge in [0.15, 0.2) is 0 Å². The maximum atomic E-state index is 9.60. The quantitative estimate of drug-likeness (QED) is 0.0808. The number of aliphatic imine (C=N–C) groups is 1. The molecule has 0 spiro atoms. The number of nitrogens with zero attached hydrogens (tertiary/aromatic N) is 6. The molecule has 2 aromatic heterocycles. The van der Waals surface area contributed by atoms with E-state index in [0.29, 0.717) is 67.5 Å². The first kappa shape index (κ1) is 34.3. The number of rotatable bonds is 18. The normalized spacial score (nSPS) is 14.5. The van der Waals surface area contributed by atoms with Gasteiger partial charge < -0.3 is 30.0 Å². The van der Waals surface area contributed by atoms with Crippen LogP contribution >= 0.6 is 0 Å². The van der Waals surface area contributed by atoms with Crippen LogP contribution in [0.25, 0.3) is 11.1 Å². The van der Waals surface area contributed by atoms with Crippen LogP contribution in [0, 0.1) is 16.7 Å². The molecule has 13 nitrogen and oxygen atoms in total. The summed E-state index contributed by atoms with van der Waals surface area (Å²) in [5.74, 6) is 1.36. The topological polar surface area (TPSA) is 176 Å². The van der Waals surface area contributed by atoms with Crippen LogP contribution in [-0.4, -0.2) is 75.6 Å². The zero-order valence-electron chi connectivity index (χ0n) is 26.9. The van der Waals surface area contributed by atoms with E-state index in [4.69, 9.17) is 24.7 Å². The Morgan fingerprint density at radius 2 is 1.98 bits per heavy atom. The summed E-state index contributed by atoms with van der Waals surface area (Å²) in [6, 6.07) is 7.87. The third-order valence-corrected chi connectivity index (χ3v) is 7.69. The van der Waals surface area contributed by atoms with Gasteiger partial charge >= 0.3 is 0 Å². The van der Waals surface area contributed by atoms with Crippen molar-refractivity contribution in [3.8, 4) is 28.8 Å². The van der Waals surface area contributed by atoms with Crippen LogP contribution < -0.4 is 20.1 Å². The molecule has 1 aliphatic carbocycles. The monoisotopic (exact) mass is 631 g/mol. The van der Waals surface area contributed by atoms with E-state index in [-0.39, 0.29) is 18.3 Å². The summed E-state index contributed by atoms with van der Waals surface area (Å²) < 4.78 is 20.0. The molecule has 1 saturated carbocycles. The first-order valence-electron chi connectivity index (χ1n) is 15.8. The third-order valence-electron chi connectivity index (χ3n) is 7.69. The average Bonchev–Trinajstić information content (AvgIpc) is 3.46. The third kappa shape index (κ3) is 10.3. The van der Waals surface area contributed by atoms with Crippen molar-refractivity contribution in [3.63, 3.8) is 0 Å². The van der Waals surface area contributed by atoms with E-state index in [2.05, 4.69) is 31.7 Å². The van der Waals surface area contributed by atoms with Crippen molar-refractivity contribution in [2.24, 2.45) is 4.99 Å². The summed E-state index contributed by atoms with van der Waals surface area (Å²) in [6.07, 6.45) is 14.6. The average molecular weight is 632 g/mol. The van der Waals surface area contributed by atoms with E-state index in [9.17, 15) is 10.4 Å². The Kier molecular flexibility index (Phi) is 12.9. The fourth-order valence-electron chi connectivity index (χ4n) is 5.14. The second-order valence-corrected chi connectivity index (χ2v) is 11.9. The minimum absolute atomic E-state index is 0.0880. The standard InChI is InChI=1S/C33H45N9O4/c1-24(18-36-23-37-22-35)46-30-16-25(10-11-26(30)17-34)27-19-38-32(39-20-27)40-29-21-42(28-8-5-4-6-9-28)41-31(29)44-14-7-15-45-33(2,3)12-13-43/h10-11,16,19-24,28,43H,4-9,12-15,18H2,1-3H3,(H2,35,36,37)(H,38,39,40)/t24-/m0/s1. The smallest absolute Gasteiger partial charge is 0.256 e. The van der Waals surface area contributed by atoms with Gasteiger partial charge in [0.25, 0.3) is 5.88 Å². The van der Waals surface area contributed by atoms with Gasteiger partial charge in [-0.1, -0.05) is 25.3 Å². The highest BCUT2D eigenvalue weighted by atomic mass is 16.5. The molecule has 2 heterocycles. The number of anilines is 2. The Bertz CT molecular complexity index is 1460. The van der Waals surface area contributed by atoms with Gasteiger partial charge in [-0.05, 0) is 57.7 Å². The zero-order valence-corrected chi connectivity index (χ0v) is 26.9. The summed E-state index contributed by atoms with van der Waals surface area (Å²) in [5.41, 5.74) is 2.31. The number of aliphatic hydroxyl groups is 1. The lowest BCUT2D eigenvalue weighted by molar-refractivity contribution is -0.0362. The predicted octanol–water partition coefficient (Wildman–Crippen LogP) is 5.40. The summed E-state index contributed by atoms with van der Waals surface area (Å²) in [4.78, 5) is 12.8. The highest BCUT2D eigenvalue weighted by Gasteiger charge is 2.21. The molecule has 0 saturated heterocycles. The number of benzene rings is 1. The van der Waals surface area contributed by atoms with Crippen molar-refractivity contribution in [2.75, 3.05) is 31.7 Å². The molecule has 1 atom stereocenters. The second-order valence-electron chi connectivity index (χ2n) is 11.9. The molecule has 1 aromatic carbocycles. The molecule has 0 aliphatic heterocycles. The molecule has 4 N–H and O–H groups in total. The maximum absolute atomic E-state index is 9.60. The van der Waals surface area contributed by atoms with Crippen LogP contribution in [-0.2, 0) is 4.74 Å². The lowest BCUT2D eigenvalue weighted by Crippen LogP contribution is -2.28. The summed E-state index contributed by atoms with van der Waals surface area (Å²) in [5, 5.41) is 36.8. The number of nitriles is 1. The lowest BCUT2D eigenvalue weighted by atomic mass is 9.96. The number of aromatic nitrogens is 4. The highest BCUT2D eigenvalue weighted by molar-refractivity contribution is 5.69. The van der Waals surface area contributed by atoms with Crippen molar-refractivity contribution < 1.29 is 19.3 Å². The number of ether oxygens (including phenoxy) is 3. The van der Waals surface area contributed by atoms with Gasteiger partial charge in [-0.15, -0.1) is 5.10 Å². The van der Waals surface area contributed by atoms with Gasteiger partial charge in [0.2, 0.25) is 5.95 Å². The van der Waals surface area contributed by atoms with E-state index in [1.54, 1.807) is 24.5 Å². The summed E-state index contributed by atoms with van der Waals surface area (Å²) in [6.45, 7) is 7.31. The second kappa shape index (κ2) is 17.2. The fraction of sp³-hybridized carbons (Fsp3) is 0.515. The SMILES string of the molecule is C[C@@H](CN/C=N\C=N)Oc1cc(-c2cnc(Nc3cn(C4CCCCC4)nc3OCCCOC(C)(C)CCO)nc2)ccc1C#N. The van der Waals surface area contributed by atoms with E-state index in [0.717, 1.165) is 30.3 Å².